The molecule has 132 valence electrons. The Morgan fingerprint density at radius 2 is 1.92 bits per heavy atom. The third-order valence-electron chi connectivity index (χ3n) is 4.12. The average Bonchev–Trinajstić information content (AvgIpc) is 2.63. The van der Waals surface area contributed by atoms with Crippen LogP contribution < -0.4 is 5.32 Å². The molecule has 0 radical (unpaired) electrons. The minimum absolute atomic E-state index is 0.163. The van der Waals surface area contributed by atoms with Gasteiger partial charge in [0.1, 0.15) is 0 Å². The lowest BCUT2D eigenvalue weighted by atomic mass is 10.2. The van der Waals surface area contributed by atoms with E-state index in [9.17, 15) is 9.00 Å². The Balaban J connectivity index is 1.64. The van der Waals surface area contributed by atoms with Crippen molar-refractivity contribution in [2.45, 2.75) is 23.8 Å². The molecule has 0 aliphatic carbocycles. The van der Waals surface area contributed by atoms with Gasteiger partial charge in [0.2, 0.25) is 0 Å². The monoisotopic (exact) mass is 421 g/mol. The zero-order chi connectivity index (χ0) is 17.6. The summed E-state index contributed by atoms with van der Waals surface area (Å²) in [5, 5.41) is 3.10. The topological polar surface area (TPSA) is 55.4 Å². The maximum atomic E-state index is 12.5. The minimum Gasteiger partial charge on any atom is -0.381 e. The van der Waals surface area contributed by atoms with Crippen molar-refractivity contribution in [2.24, 2.45) is 0 Å². The van der Waals surface area contributed by atoms with Gasteiger partial charge in [-0.25, -0.2) is 0 Å². The van der Waals surface area contributed by atoms with Crippen molar-refractivity contribution in [3.8, 4) is 0 Å². The number of rotatable bonds is 5. The Morgan fingerprint density at radius 1 is 1.16 bits per heavy atom. The molecule has 1 N–H and O–H groups in total. The van der Waals surface area contributed by atoms with E-state index in [1.165, 1.54) is 0 Å². The number of ether oxygens (including phenoxy) is 1. The van der Waals surface area contributed by atoms with Gasteiger partial charge in [0, 0.05) is 50.7 Å². The second-order valence-electron chi connectivity index (χ2n) is 6.00. The third-order valence-corrected chi connectivity index (χ3v) is 6.45. The van der Waals surface area contributed by atoms with E-state index in [4.69, 9.17) is 4.74 Å². The van der Waals surface area contributed by atoms with E-state index in [-0.39, 0.29) is 11.2 Å². The fourth-order valence-corrected chi connectivity index (χ4v) is 4.65. The van der Waals surface area contributed by atoms with Gasteiger partial charge in [-0.1, -0.05) is 34.1 Å². The molecular formula is C19H20BrNO3S. The summed E-state index contributed by atoms with van der Waals surface area (Å²) in [5.41, 5.74) is 2.27. The predicted molar refractivity (Wildman–Crippen MR) is 104 cm³/mol. The van der Waals surface area contributed by atoms with Gasteiger partial charge in [-0.3, -0.25) is 9.00 Å². The normalized spacial score (nSPS) is 16.4. The highest BCUT2D eigenvalue weighted by molar-refractivity contribution is 9.10. The molecule has 1 atom stereocenters. The molecule has 25 heavy (non-hydrogen) atoms. The largest absolute Gasteiger partial charge is 0.381 e. The molecule has 1 aliphatic rings. The van der Waals surface area contributed by atoms with E-state index in [1.807, 2.05) is 36.4 Å². The second kappa shape index (κ2) is 8.74. The standard InChI is InChI=1S/C19H20BrNO3S/c20-16-5-2-4-15(12-16)19(22)21-17-6-1-3-14(11-17)13-25(23)18-7-9-24-10-8-18/h1-6,11-12,18H,7-10,13H2,(H,21,22). The maximum absolute atomic E-state index is 12.5. The number of hydrogen-bond donors (Lipinski definition) is 1. The first-order valence-corrected chi connectivity index (χ1v) is 10.4. The van der Waals surface area contributed by atoms with Crippen molar-refractivity contribution in [2.75, 3.05) is 18.5 Å². The highest BCUT2D eigenvalue weighted by atomic mass is 79.9. The first-order valence-electron chi connectivity index (χ1n) is 8.22. The molecular weight excluding hydrogens is 402 g/mol. The van der Waals surface area contributed by atoms with Crippen molar-refractivity contribution in [1.82, 2.24) is 0 Å². The summed E-state index contributed by atoms with van der Waals surface area (Å²) < 4.78 is 18.7. The first kappa shape index (κ1) is 18.3. The smallest absolute Gasteiger partial charge is 0.255 e. The van der Waals surface area contributed by atoms with Gasteiger partial charge in [-0.2, -0.15) is 0 Å². The second-order valence-corrected chi connectivity index (χ2v) is 8.63. The number of benzene rings is 2. The van der Waals surface area contributed by atoms with Crippen LogP contribution in [-0.2, 0) is 21.3 Å². The van der Waals surface area contributed by atoms with Crippen LogP contribution in [0.15, 0.2) is 53.0 Å². The fraction of sp³-hybridized carbons (Fsp3) is 0.316. The number of carbonyl (C=O) groups excluding carboxylic acids is 1. The molecule has 1 aliphatic heterocycles. The lowest BCUT2D eigenvalue weighted by Gasteiger charge is -2.21. The third kappa shape index (κ3) is 5.23. The van der Waals surface area contributed by atoms with E-state index in [1.54, 1.807) is 12.1 Å². The molecule has 1 heterocycles. The van der Waals surface area contributed by atoms with Crippen molar-refractivity contribution >= 4 is 38.3 Å². The summed E-state index contributed by atoms with van der Waals surface area (Å²) in [6.45, 7) is 1.39. The molecule has 0 aromatic heterocycles. The minimum atomic E-state index is -0.916. The molecule has 0 saturated carbocycles. The summed E-state index contributed by atoms with van der Waals surface area (Å²) in [4.78, 5) is 12.3. The van der Waals surface area contributed by atoms with E-state index in [2.05, 4.69) is 21.2 Å². The summed E-state index contributed by atoms with van der Waals surface area (Å²) in [7, 11) is -0.916. The highest BCUT2D eigenvalue weighted by Gasteiger charge is 2.20. The molecule has 4 nitrogen and oxygen atoms in total. The van der Waals surface area contributed by atoms with Gasteiger partial charge < -0.3 is 10.1 Å². The zero-order valence-corrected chi connectivity index (χ0v) is 16.1. The van der Waals surface area contributed by atoms with Crippen molar-refractivity contribution in [3.05, 3.63) is 64.1 Å². The lowest BCUT2D eigenvalue weighted by Crippen LogP contribution is -2.25. The van der Waals surface area contributed by atoms with Gasteiger partial charge >= 0.3 is 0 Å². The van der Waals surface area contributed by atoms with E-state index in [0.29, 0.717) is 30.2 Å². The van der Waals surface area contributed by atoms with Gasteiger partial charge in [-0.15, -0.1) is 0 Å². The summed E-state index contributed by atoms with van der Waals surface area (Å²) in [5.74, 6) is 0.342. The van der Waals surface area contributed by atoms with Crippen LogP contribution in [0.5, 0.6) is 0 Å². The van der Waals surface area contributed by atoms with Gasteiger partial charge in [-0.05, 0) is 48.7 Å². The number of amides is 1. The number of carbonyl (C=O) groups is 1. The number of anilines is 1. The molecule has 1 unspecified atom stereocenters. The maximum Gasteiger partial charge on any atom is 0.255 e. The summed E-state index contributed by atoms with van der Waals surface area (Å²) in [6.07, 6.45) is 1.71. The summed E-state index contributed by atoms with van der Waals surface area (Å²) in [6, 6.07) is 14.8. The van der Waals surface area contributed by atoms with Crippen LogP contribution in [0, 0.1) is 0 Å². The van der Waals surface area contributed by atoms with Crippen LogP contribution in [0.1, 0.15) is 28.8 Å². The highest BCUT2D eigenvalue weighted by Crippen LogP contribution is 2.19. The number of nitrogens with one attached hydrogen (secondary N) is 1. The molecule has 0 bridgehead atoms. The first-order chi connectivity index (χ1) is 12.1. The Labute approximate surface area is 158 Å². The Hall–Kier alpha value is -1.50. The molecule has 6 heteroatoms. The molecule has 3 rings (SSSR count). The van der Waals surface area contributed by atoms with E-state index >= 15 is 0 Å². The molecule has 1 fully saturated rings. The lowest BCUT2D eigenvalue weighted by molar-refractivity contribution is 0.0991. The molecule has 1 saturated heterocycles. The quantitative estimate of drug-likeness (QED) is 0.789. The Kier molecular flexibility index (Phi) is 6.39. The fourth-order valence-electron chi connectivity index (χ4n) is 2.79. The van der Waals surface area contributed by atoms with Crippen molar-refractivity contribution in [3.63, 3.8) is 0 Å². The van der Waals surface area contributed by atoms with E-state index in [0.717, 1.165) is 22.9 Å². The molecule has 2 aromatic carbocycles. The van der Waals surface area contributed by atoms with Gasteiger partial charge in [0.25, 0.3) is 5.91 Å². The summed E-state index contributed by atoms with van der Waals surface area (Å²) >= 11 is 3.37. The van der Waals surface area contributed by atoms with Crippen LogP contribution in [-0.4, -0.2) is 28.6 Å². The molecule has 2 aromatic rings. The van der Waals surface area contributed by atoms with Crippen LogP contribution >= 0.6 is 15.9 Å². The number of hydrogen-bond acceptors (Lipinski definition) is 3. The average molecular weight is 422 g/mol. The van der Waals surface area contributed by atoms with Crippen molar-refractivity contribution < 1.29 is 13.7 Å². The van der Waals surface area contributed by atoms with E-state index < -0.39 is 10.8 Å². The predicted octanol–water partition coefficient (Wildman–Crippen LogP) is 4.13. The molecule has 0 spiro atoms. The zero-order valence-electron chi connectivity index (χ0n) is 13.7. The van der Waals surface area contributed by atoms with Crippen LogP contribution in [0.4, 0.5) is 5.69 Å². The Morgan fingerprint density at radius 3 is 2.68 bits per heavy atom. The van der Waals surface area contributed by atoms with Gasteiger partial charge in [0.05, 0.1) is 0 Å². The SMILES string of the molecule is O=C(Nc1cccc(CS(=O)C2CCOCC2)c1)c1cccc(Br)c1. The number of halogens is 1. The van der Waals surface area contributed by atoms with Crippen molar-refractivity contribution in [1.29, 1.82) is 0 Å². The van der Waals surface area contributed by atoms with Crippen LogP contribution in [0.25, 0.3) is 0 Å². The van der Waals surface area contributed by atoms with Crippen LogP contribution in [0.2, 0.25) is 0 Å². The van der Waals surface area contributed by atoms with Gasteiger partial charge in [0.15, 0.2) is 0 Å². The molecule has 1 amide bonds. The van der Waals surface area contributed by atoms with Crippen LogP contribution in [0.3, 0.4) is 0 Å². The Bertz CT molecular complexity index is 775.